The first-order valence-corrected chi connectivity index (χ1v) is 7.49. The third-order valence-corrected chi connectivity index (χ3v) is 3.76. The van der Waals surface area contributed by atoms with Gasteiger partial charge in [-0.25, -0.2) is 0 Å². The first-order chi connectivity index (χ1) is 9.06. The fraction of sp³-hybridized carbons (Fsp3) is 0.200. The van der Waals surface area contributed by atoms with Crippen LogP contribution in [0, 0.1) is 0 Å². The van der Waals surface area contributed by atoms with Crippen LogP contribution in [0.15, 0.2) is 51.4 Å². The highest BCUT2D eigenvalue weighted by molar-refractivity contribution is 9.10. The summed E-state index contributed by atoms with van der Waals surface area (Å²) in [7, 11) is 0. The summed E-state index contributed by atoms with van der Waals surface area (Å²) in [6.07, 6.45) is -0.548. The van der Waals surface area contributed by atoms with E-state index in [0.717, 1.165) is 20.1 Å². The SMILES string of the molecule is C[C@@H](O)c1ccc(Br)cc1OCc1ccc(Br)cc1. The molecule has 0 aliphatic carbocycles. The highest BCUT2D eigenvalue weighted by atomic mass is 79.9. The van der Waals surface area contributed by atoms with Crippen LogP contribution >= 0.6 is 31.9 Å². The summed E-state index contributed by atoms with van der Waals surface area (Å²) in [5.74, 6) is 0.701. The van der Waals surface area contributed by atoms with Gasteiger partial charge in [0, 0.05) is 14.5 Å². The molecule has 2 nitrogen and oxygen atoms in total. The van der Waals surface area contributed by atoms with Crippen molar-refractivity contribution < 1.29 is 9.84 Å². The van der Waals surface area contributed by atoms with Crippen molar-refractivity contribution in [1.82, 2.24) is 0 Å². The van der Waals surface area contributed by atoms with Gasteiger partial charge < -0.3 is 9.84 Å². The summed E-state index contributed by atoms with van der Waals surface area (Å²) in [6, 6.07) is 13.6. The number of halogens is 2. The van der Waals surface area contributed by atoms with Gasteiger partial charge in [0.1, 0.15) is 12.4 Å². The van der Waals surface area contributed by atoms with Crippen molar-refractivity contribution in [2.24, 2.45) is 0 Å². The second-order valence-electron chi connectivity index (χ2n) is 4.27. The minimum Gasteiger partial charge on any atom is -0.488 e. The number of ether oxygens (including phenoxy) is 1. The van der Waals surface area contributed by atoms with Gasteiger partial charge in [-0.05, 0) is 36.8 Å². The summed E-state index contributed by atoms with van der Waals surface area (Å²) >= 11 is 6.81. The summed E-state index contributed by atoms with van der Waals surface area (Å²) < 4.78 is 7.78. The van der Waals surface area contributed by atoms with Crippen molar-refractivity contribution in [3.63, 3.8) is 0 Å². The molecular weight excluding hydrogens is 372 g/mol. The van der Waals surface area contributed by atoms with E-state index in [1.807, 2.05) is 42.5 Å². The Kier molecular flexibility index (Phi) is 5.02. The lowest BCUT2D eigenvalue weighted by Gasteiger charge is -2.14. The molecule has 1 atom stereocenters. The van der Waals surface area contributed by atoms with E-state index < -0.39 is 6.10 Å². The van der Waals surface area contributed by atoms with Gasteiger partial charge in [0.25, 0.3) is 0 Å². The monoisotopic (exact) mass is 384 g/mol. The normalized spacial score (nSPS) is 12.2. The molecule has 19 heavy (non-hydrogen) atoms. The van der Waals surface area contributed by atoms with E-state index in [4.69, 9.17) is 4.74 Å². The number of hydrogen-bond donors (Lipinski definition) is 1. The molecule has 0 aliphatic rings. The Balaban J connectivity index is 2.14. The van der Waals surface area contributed by atoms with Gasteiger partial charge in [-0.1, -0.05) is 50.1 Å². The van der Waals surface area contributed by atoms with Gasteiger partial charge in [-0.3, -0.25) is 0 Å². The molecule has 2 rings (SSSR count). The van der Waals surface area contributed by atoms with E-state index in [2.05, 4.69) is 31.9 Å². The molecule has 0 saturated heterocycles. The van der Waals surface area contributed by atoms with Crippen LogP contribution in [0.5, 0.6) is 5.75 Å². The summed E-state index contributed by atoms with van der Waals surface area (Å²) in [4.78, 5) is 0. The fourth-order valence-electron chi connectivity index (χ4n) is 1.72. The van der Waals surface area contributed by atoms with Crippen LogP contribution in [0.2, 0.25) is 0 Å². The fourth-order valence-corrected chi connectivity index (χ4v) is 2.32. The van der Waals surface area contributed by atoms with Gasteiger partial charge in [0.05, 0.1) is 6.10 Å². The minimum atomic E-state index is -0.548. The van der Waals surface area contributed by atoms with Crippen molar-refractivity contribution in [1.29, 1.82) is 0 Å². The lowest BCUT2D eigenvalue weighted by Crippen LogP contribution is -2.01. The third-order valence-electron chi connectivity index (χ3n) is 2.73. The highest BCUT2D eigenvalue weighted by Gasteiger charge is 2.09. The van der Waals surface area contributed by atoms with E-state index in [1.165, 1.54) is 0 Å². The molecule has 2 aromatic carbocycles. The molecule has 2 aromatic rings. The van der Waals surface area contributed by atoms with Gasteiger partial charge in [-0.15, -0.1) is 0 Å². The van der Waals surface area contributed by atoms with Crippen LogP contribution < -0.4 is 4.74 Å². The zero-order valence-corrected chi connectivity index (χ0v) is 13.6. The Morgan fingerprint density at radius 2 is 1.68 bits per heavy atom. The van der Waals surface area contributed by atoms with Gasteiger partial charge in [0.15, 0.2) is 0 Å². The largest absolute Gasteiger partial charge is 0.488 e. The van der Waals surface area contributed by atoms with E-state index in [9.17, 15) is 5.11 Å². The number of benzene rings is 2. The molecule has 0 fully saturated rings. The zero-order valence-electron chi connectivity index (χ0n) is 10.4. The van der Waals surface area contributed by atoms with Crippen LogP contribution in [0.25, 0.3) is 0 Å². The zero-order chi connectivity index (χ0) is 13.8. The second kappa shape index (κ2) is 6.55. The number of aliphatic hydroxyl groups excluding tert-OH is 1. The Morgan fingerprint density at radius 1 is 1.05 bits per heavy atom. The number of hydrogen-bond acceptors (Lipinski definition) is 2. The molecule has 0 heterocycles. The van der Waals surface area contributed by atoms with Crippen molar-refractivity contribution in [3.05, 3.63) is 62.5 Å². The first-order valence-electron chi connectivity index (χ1n) is 5.91. The molecule has 0 unspecified atom stereocenters. The van der Waals surface area contributed by atoms with Crippen molar-refractivity contribution in [3.8, 4) is 5.75 Å². The van der Waals surface area contributed by atoms with Gasteiger partial charge in [-0.2, -0.15) is 0 Å². The molecule has 0 aromatic heterocycles. The second-order valence-corrected chi connectivity index (χ2v) is 6.10. The molecular formula is C15H14Br2O2. The maximum atomic E-state index is 9.73. The lowest BCUT2D eigenvalue weighted by atomic mass is 10.1. The highest BCUT2D eigenvalue weighted by Crippen LogP contribution is 2.29. The van der Waals surface area contributed by atoms with Crippen LogP contribution in [0.1, 0.15) is 24.2 Å². The van der Waals surface area contributed by atoms with Crippen molar-refractivity contribution >= 4 is 31.9 Å². The quantitative estimate of drug-likeness (QED) is 0.815. The van der Waals surface area contributed by atoms with Gasteiger partial charge in [0.2, 0.25) is 0 Å². The van der Waals surface area contributed by atoms with Crippen molar-refractivity contribution in [2.45, 2.75) is 19.6 Å². The maximum Gasteiger partial charge on any atom is 0.126 e. The predicted octanol–water partition coefficient (Wildman–Crippen LogP) is 4.84. The third kappa shape index (κ3) is 4.06. The Morgan fingerprint density at radius 3 is 2.32 bits per heavy atom. The maximum absolute atomic E-state index is 9.73. The minimum absolute atomic E-state index is 0.476. The van der Waals surface area contributed by atoms with Crippen LogP contribution in [-0.2, 0) is 6.61 Å². The molecule has 0 aliphatic heterocycles. The van der Waals surface area contributed by atoms with E-state index in [-0.39, 0.29) is 0 Å². The smallest absolute Gasteiger partial charge is 0.126 e. The van der Waals surface area contributed by atoms with Crippen LogP contribution in [0.4, 0.5) is 0 Å². The molecule has 0 amide bonds. The number of rotatable bonds is 4. The molecule has 0 saturated carbocycles. The average Bonchev–Trinajstić information content (AvgIpc) is 2.38. The summed E-state index contributed by atoms with van der Waals surface area (Å²) in [5, 5.41) is 9.73. The summed E-state index contributed by atoms with van der Waals surface area (Å²) in [6.45, 7) is 2.21. The number of aliphatic hydroxyl groups is 1. The van der Waals surface area contributed by atoms with Crippen LogP contribution in [0.3, 0.4) is 0 Å². The first kappa shape index (κ1) is 14.6. The molecule has 0 radical (unpaired) electrons. The molecule has 4 heteroatoms. The van der Waals surface area contributed by atoms with E-state index in [1.54, 1.807) is 6.92 Å². The lowest BCUT2D eigenvalue weighted by molar-refractivity contribution is 0.190. The average molecular weight is 386 g/mol. The van der Waals surface area contributed by atoms with Crippen molar-refractivity contribution in [2.75, 3.05) is 0 Å². The Bertz CT molecular complexity index is 551. The molecule has 100 valence electrons. The Hall–Kier alpha value is -0.840. The standard InChI is InChI=1S/C15H14Br2O2/c1-10(18)14-7-6-13(17)8-15(14)19-9-11-2-4-12(16)5-3-11/h2-8,10,18H,9H2,1H3/t10-/m1/s1. The molecule has 0 spiro atoms. The topological polar surface area (TPSA) is 29.5 Å². The predicted molar refractivity (Wildman–Crippen MR) is 83.2 cm³/mol. The molecule has 0 bridgehead atoms. The van der Waals surface area contributed by atoms with Crippen LogP contribution in [-0.4, -0.2) is 5.11 Å². The van der Waals surface area contributed by atoms with Gasteiger partial charge >= 0.3 is 0 Å². The van der Waals surface area contributed by atoms with E-state index >= 15 is 0 Å². The Labute approximate surface area is 129 Å². The summed E-state index contributed by atoms with van der Waals surface area (Å²) in [5.41, 5.74) is 1.88. The molecule has 1 N–H and O–H groups in total. The van der Waals surface area contributed by atoms with E-state index in [0.29, 0.717) is 12.4 Å².